The number of ketones is 2. The average Bonchev–Trinajstić information content (AvgIpc) is 1.61. The Labute approximate surface area is 622 Å². The van der Waals surface area contributed by atoms with E-state index in [0.717, 1.165) is 89.5 Å². The summed E-state index contributed by atoms with van der Waals surface area (Å²) in [6.07, 6.45) is 1.07. The normalized spacial score (nSPS) is 35.2. The minimum atomic E-state index is -2.58. The summed E-state index contributed by atoms with van der Waals surface area (Å²) in [5.41, 5.74) is 17.1. The summed E-state index contributed by atoms with van der Waals surface area (Å²) in [5.74, 6) is 2.94. The van der Waals surface area contributed by atoms with Crippen molar-refractivity contribution in [1.29, 1.82) is 0 Å². The Morgan fingerprint density at radius 1 is 0.897 bits per heavy atom. The molecule has 0 unspecified atom stereocenters. The first-order valence-electron chi connectivity index (χ1n) is 39.2. The fraction of sp³-hybridized carbons (Fsp3) is 0.566. The minimum absolute atomic E-state index is 0.0380. The van der Waals surface area contributed by atoms with Crippen LogP contribution in [0.1, 0.15) is 186 Å². The molecule has 9 bridgehead atoms. The number of amides is 1. The number of nitrogens with two attached hydrogens (primary N) is 2. The predicted molar refractivity (Wildman–Crippen MR) is 392 cm³/mol. The molecule has 16 N–H and O–H groups in total. The van der Waals surface area contributed by atoms with Gasteiger partial charge in [0.2, 0.25) is 12.2 Å². The average molecular weight is 1460 g/mol. The SMILES string of the molecule is CNCc1cc2cc3c1CC1=C4CC[C@@H]5CCC[C@@H]5N[C@@H]4C4=C(N)NCC=C4[C@]1(CO[C@@H]1[C@H]4Oc5c(cc6c(c5OC[C@H](O)CC=O)C(=O)c5cc(CO)ccc5C6=O)[C@H](c5ccccc5N5CN[C@H]6C(=O)N[C@H](N)N[C@@H]65)[C@H]5CC[C@@H](O)[C@@H](C#C[C@@](O)([C@H]1O)[C@@H](O4)C1(CCCC1)OC5)C2)[C@@H](O)C31CCCCC1. The first-order chi connectivity index (χ1) is 51.9. The van der Waals surface area contributed by atoms with Crippen molar-refractivity contribution in [3.05, 3.63) is 156 Å². The summed E-state index contributed by atoms with van der Waals surface area (Å²) < 4.78 is 38.2. The fourth-order valence-electron chi connectivity index (χ4n) is 22.3. The summed E-state index contributed by atoms with van der Waals surface area (Å²) >= 11 is 0. The summed E-state index contributed by atoms with van der Waals surface area (Å²) in [6, 6.07) is 17.5. The van der Waals surface area contributed by atoms with Crippen LogP contribution >= 0.6 is 0 Å². The van der Waals surface area contributed by atoms with E-state index >= 15 is 14.7 Å². The number of benzene rings is 4. The largest absolute Gasteiger partial charge is 0.486 e. The lowest BCUT2D eigenvalue weighted by Gasteiger charge is -2.56. The van der Waals surface area contributed by atoms with Gasteiger partial charge in [-0.25, -0.2) is 0 Å². The van der Waals surface area contributed by atoms with Crippen molar-refractivity contribution in [3.63, 3.8) is 0 Å². The Morgan fingerprint density at radius 3 is 2.53 bits per heavy atom. The van der Waals surface area contributed by atoms with E-state index in [4.69, 9.17) is 35.2 Å². The number of aldehydes is 1. The topological polar surface area (TPSA) is 363 Å². The number of anilines is 1. The van der Waals surface area contributed by atoms with Gasteiger partial charge in [0.1, 0.15) is 55.5 Å². The zero-order valence-corrected chi connectivity index (χ0v) is 60.5. The van der Waals surface area contributed by atoms with Gasteiger partial charge < -0.3 is 91.0 Å². The second-order valence-corrected chi connectivity index (χ2v) is 33.0. The highest BCUT2D eigenvalue weighted by molar-refractivity contribution is 6.29. The van der Waals surface area contributed by atoms with E-state index in [9.17, 15) is 35.1 Å². The highest BCUT2D eigenvalue weighted by atomic mass is 16.7. The molecule has 0 aromatic heterocycles. The minimum Gasteiger partial charge on any atom is -0.486 e. The third-order valence-electron chi connectivity index (χ3n) is 27.3. The molecule has 18 rings (SSSR count). The molecule has 1 amide bonds. The van der Waals surface area contributed by atoms with Gasteiger partial charge in [0.05, 0.1) is 73.3 Å². The molecule has 107 heavy (non-hydrogen) atoms. The monoisotopic (exact) mass is 1460 g/mol. The molecule has 4 saturated heterocycles. The standard InChI is InChI=1S/C83H99N9O15/c1-86-36-47-31-43-30-45-20-27-83(102)72(99)71(104-40-82-56-21-28-87-73(84)64(56)65-50(18-15-44-10-9-12-59(44)89-65)58(82)35-52(47)57(33-43)80(77(82)101)23-5-2-6-24-80)76-106-69-55(34-54-63(70(69)103-39-48(95)22-29-93)68(98)53-32-42(37-94)14-17-49(53)67(54)97)62(46(16-19-61(45)96)38-105-81(78(83)107-76)25-7-8-26-81)51-11-3-4-13-60(51)92-41-88-66-74(92)90-79(85)91-75(66)100/h3-4,11,13-14,17,21,29,31-34,44-46,48,59,61-62,65-66,71-72,74,76-79,86-90,94-96,99,101-102H,2,5-10,12,15-16,18-19,22-26,28,30,35-41,84-85H2,1H3,(H,91,100)/t44-,45-,46-,48+,59-,61+,62-,65-,66+,71-,72-,74+,76-,77-,78-,79+,82-,83+/m0/s1. The van der Waals surface area contributed by atoms with Gasteiger partial charge >= 0.3 is 0 Å². The van der Waals surface area contributed by atoms with Gasteiger partial charge in [0.15, 0.2) is 28.7 Å². The number of ether oxygens (including phenoxy) is 5. The van der Waals surface area contributed by atoms with Crippen LogP contribution in [0.15, 0.2) is 94.9 Å². The number of aliphatic hydroxyl groups is 6. The number of fused-ring (bicyclic) bond motifs is 15. The van der Waals surface area contributed by atoms with E-state index in [-0.39, 0.29) is 103 Å². The molecule has 4 aromatic carbocycles. The number of carbonyl (C=O) groups is 4. The number of nitrogens with zero attached hydrogens (tertiary/aromatic N) is 1. The van der Waals surface area contributed by atoms with Gasteiger partial charge in [-0.05, 0) is 170 Å². The molecule has 18 atom stereocenters. The molecule has 4 aromatic rings. The molecule has 8 aliphatic heterocycles. The number of aliphatic hydroxyl groups excluding tert-OH is 5. The molecule has 3 saturated carbocycles. The van der Waals surface area contributed by atoms with Crippen molar-refractivity contribution in [2.24, 2.45) is 34.6 Å². The summed E-state index contributed by atoms with van der Waals surface area (Å²) in [5, 5.41) is 101. The lowest BCUT2D eigenvalue weighted by Crippen LogP contribution is -2.73. The van der Waals surface area contributed by atoms with E-state index in [1.54, 1.807) is 12.1 Å². The first-order valence-corrected chi connectivity index (χ1v) is 39.2. The molecule has 7 fully saturated rings. The van der Waals surface area contributed by atoms with Crippen LogP contribution in [0.25, 0.3) is 0 Å². The lowest BCUT2D eigenvalue weighted by molar-refractivity contribution is -0.337. The van der Waals surface area contributed by atoms with Gasteiger partial charge in [-0.2, -0.15) is 0 Å². The van der Waals surface area contributed by atoms with Crippen molar-refractivity contribution < 1.29 is 73.5 Å². The summed E-state index contributed by atoms with van der Waals surface area (Å²) in [7, 11) is 1.96. The zero-order valence-electron chi connectivity index (χ0n) is 60.5. The zero-order chi connectivity index (χ0) is 73.6. The predicted octanol–water partition coefficient (Wildman–Crippen LogP) is 3.76. The molecule has 0 radical (unpaired) electrons. The van der Waals surface area contributed by atoms with Crippen LogP contribution in [0.2, 0.25) is 0 Å². The highest BCUT2D eigenvalue weighted by Gasteiger charge is 2.67. The van der Waals surface area contributed by atoms with Gasteiger partial charge in [0, 0.05) is 70.4 Å². The van der Waals surface area contributed by atoms with Gasteiger partial charge in [-0.1, -0.05) is 92.8 Å². The maximum absolute atomic E-state index is 16.1. The number of nitrogens with one attached hydrogen (secondary N) is 6. The van der Waals surface area contributed by atoms with Crippen molar-refractivity contribution >= 4 is 29.4 Å². The van der Waals surface area contributed by atoms with Crippen LogP contribution in [0.5, 0.6) is 11.5 Å². The first kappa shape index (κ1) is 71.2. The molecule has 24 nitrogen and oxygen atoms in total. The van der Waals surface area contributed by atoms with Gasteiger partial charge in [-0.3, -0.25) is 30.8 Å². The molecular weight excluding hydrogens is 1360 g/mol. The van der Waals surface area contributed by atoms with Crippen LogP contribution in [0.3, 0.4) is 0 Å². The summed E-state index contributed by atoms with van der Waals surface area (Å²) in [4.78, 5) is 60.3. The Morgan fingerprint density at radius 2 is 1.72 bits per heavy atom. The number of dihydropyridines is 1. The molecule has 24 heteroatoms. The van der Waals surface area contributed by atoms with Crippen LogP contribution in [0.4, 0.5) is 5.69 Å². The number of hydrogen-bond donors (Lipinski definition) is 14. The number of hydrogen-bond acceptors (Lipinski definition) is 23. The van der Waals surface area contributed by atoms with Crippen LogP contribution in [0, 0.1) is 35.0 Å². The second-order valence-electron chi connectivity index (χ2n) is 33.0. The van der Waals surface area contributed by atoms with Gasteiger partial charge in [0.25, 0.3) is 0 Å². The van der Waals surface area contributed by atoms with Crippen LogP contribution < -0.4 is 57.7 Å². The number of rotatable bonds is 10. The quantitative estimate of drug-likeness (QED) is 0.0537. The third kappa shape index (κ3) is 11.3. The molecule has 8 heterocycles. The number of carbonyl (C=O) groups excluding carboxylic acids is 4. The van der Waals surface area contributed by atoms with Crippen molar-refractivity contribution in [3.8, 4) is 23.3 Å². The second kappa shape index (κ2) is 27.6. The maximum atomic E-state index is 16.1. The Balaban J connectivity index is 0.934. The highest BCUT2D eigenvalue weighted by Crippen LogP contribution is 2.64. The third-order valence-corrected chi connectivity index (χ3v) is 27.3. The molecule has 3 spiro atoms. The number of para-hydroxylation sites is 1. The Kier molecular flexibility index (Phi) is 18.3. The lowest BCUT2D eigenvalue weighted by atomic mass is 9.53. The molecule has 566 valence electrons. The van der Waals surface area contributed by atoms with Crippen LogP contribution in [-0.4, -0.2) is 179 Å². The van der Waals surface area contributed by atoms with Crippen molar-refractivity contribution in [2.45, 2.75) is 231 Å². The molecule has 14 aliphatic rings. The van der Waals surface area contributed by atoms with E-state index in [1.807, 2.05) is 36.2 Å². The van der Waals surface area contributed by atoms with Gasteiger partial charge in [-0.15, -0.1) is 0 Å². The maximum Gasteiger partial charge on any atom is 0.242 e. The van der Waals surface area contributed by atoms with E-state index < -0.39 is 126 Å². The van der Waals surface area contributed by atoms with Crippen molar-refractivity contribution in [1.82, 2.24) is 31.9 Å². The smallest absolute Gasteiger partial charge is 0.242 e. The fourth-order valence-corrected chi connectivity index (χ4v) is 22.3. The Bertz CT molecular complexity index is 4460. The summed E-state index contributed by atoms with van der Waals surface area (Å²) in [6.45, 7) is -0.510. The van der Waals surface area contributed by atoms with E-state index in [0.29, 0.717) is 99.3 Å². The van der Waals surface area contributed by atoms with Crippen LogP contribution in [-0.2, 0) is 55.2 Å². The van der Waals surface area contributed by atoms with E-state index in [1.165, 1.54) is 12.1 Å². The van der Waals surface area contributed by atoms with Crippen molar-refractivity contribution in [2.75, 3.05) is 45.0 Å². The molecule has 6 aliphatic carbocycles. The molecular formula is C83H99N9O15. The Hall–Kier alpha value is -7.42. The van der Waals surface area contributed by atoms with E-state index in [2.05, 4.69) is 62.0 Å².